The fraction of sp³-hybridized carbons (Fsp3) is 0.333. The average Bonchev–Trinajstić information content (AvgIpc) is 2.49. The van der Waals surface area contributed by atoms with Gasteiger partial charge in [-0.15, -0.1) is 0 Å². The molecule has 21 heavy (non-hydrogen) atoms. The van der Waals surface area contributed by atoms with Crippen LogP contribution >= 0.6 is 15.9 Å². The summed E-state index contributed by atoms with van der Waals surface area (Å²) in [7, 11) is 1.69. The molecule has 2 rings (SSSR count). The van der Waals surface area contributed by atoms with Gasteiger partial charge < -0.3 is 10.1 Å². The third kappa shape index (κ3) is 4.87. The van der Waals surface area contributed by atoms with Crippen LogP contribution in [0.5, 0.6) is 5.75 Å². The van der Waals surface area contributed by atoms with Crippen LogP contribution in [0.2, 0.25) is 0 Å². The van der Waals surface area contributed by atoms with Gasteiger partial charge in [0.25, 0.3) is 0 Å². The number of rotatable bonds is 6. The monoisotopic (exact) mass is 347 g/mol. The number of benzene rings is 2. The lowest BCUT2D eigenvalue weighted by Gasteiger charge is -2.20. The molecule has 0 bridgehead atoms. The van der Waals surface area contributed by atoms with Gasteiger partial charge in [0, 0.05) is 16.6 Å². The number of hydrogen-bond acceptors (Lipinski definition) is 2. The largest absolute Gasteiger partial charge is 0.497 e. The number of ether oxygens (including phenoxy) is 1. The molecule has 0 aliphatic carbocycles. The van der Waals surface area contributed by atoms with E-state index in [-0.39, 0.29) is 0 Å². The fourth-order valence-electron chi connectivity index (χ4n) is 2.45. The molecule has 0 radical (unpaired) electrons. The van der Waals surface area contributed by atoms with Crippen LogP contribution in [-0.2, 0) is 6.42 Å². The SMILES string of the molecule is COc1ccc(C(C)NC(C)Cc2ccc(Br)cc2)cc1. The summed E-state index contributed by atoms with van der Waals surface area (Å²) in [5.74, 6) is 0.897. The van der Waals surface area contributed by atoms with Gasteiger partial charge in [-0.2, -0.15) is 0 Å². The van der Waals surface area contributed by atoms with Crippen LogP contribution in [0.1, 0.15) is 31.0 Å². The molecule has 0 saturated carbocycles. The van der Waals surface area contributed by atoms with Crippen molar-refractivity contribution in [2.45, 2.75) is 32.4 Å². The quantitative estimate of drug-likeness (QED) is 0.814. The molecule has 0 fully saturated rings. The van der Waals surface area contributed by atoms with E-state index in [1.165, 1.54) is 11.1 Å². The smallest absolute Gasteiger partial charge is 0.118 e. The maximum Gasteiger partial charge on any atom is 0.118 e. The van der Waals surface area contributed by atoms with Gasteiger partial charge >= 0.3 is 0 Å². The molecule has 0 aliphatic heterocycles. The van der Waals surface area contributed by atoms with Crippen molar-refractivity contribution in [1.29, 1.82) is 0 Å². The molecule has 0 aliphatic rings. The van der Waals surface area contributed by atoms with Gasteiger partial charge in [-0.05, 0) is 55.7 Å². The highest BCUT2D eigenvalue weighted by molar-refractivity contribution is 9.10. The molecule has 0 spiro atoms. The molecule has 0 aromatic heterocycles. The van der Waals surface area contributed by atoms with Crippen molar-refractivity contribution < 1.29 is 4.74 Å². The van der Waals surface area contributed by atoms with E-state index in [4.69, 9.17) is 4.74 Å². The lowest BCUT2D eigenvalue weighted by Crippen LogP contribution is -2.30. The molecule has 2 aromatic carbocycles. The standard InChI is InChI=1S/C18H22BrNO/c1-13(12-15-4-8-17(19)9-5-15)20-14(2)16-6-10-18(21-3)11-7-16/h4-11,13-14,20H,12H2,1-3H3. The number of methoxy groups -OCH3 is 1. The van der Waals surface area contributed by atoms with Crippen molar-refractivity contribution in [3.8, 4) is 5.75 Å². The Morgan fingerprint density at radius 2 is 1.62 bits per heavy atom. The second-order valence-corrected chi connectivity index (χ2v) is 6.31. The topological polar surface area (TPSA) is 21.3 Å². The van der Waals surface area contributed by atoms with Gasteiger partial charge in [-0.25, -0.2) is 0 Å². The van der Waals surface area contributed by atoms with Crippen LogP contribution in [0, 0.1) is 0 Å². The lowest BCUT2D eigenvalue weighted by molar-refractivity contribution is 0.414. The van der Waals surface area contributed by atoms with E-state index in [1.54, 1.807) is 7.11 Å². The Morgan fingerprint density at radius 1 is 1.00 bits per heavy atom. The summed E-state index contributed by atoms with van der Waals surface area (Å²) in [6.07, 6.45) is 1.02. The van der Waals surface area contributed by atoms with Gasteiger partial charge in [0.05, 0.1) is 7.11 Å². The maximum absolute atomic E-state index is 5.19. The first-order valence-corrected chi connectivity index (χ1v) is 8.02. The number of nitrogens with one attached hydrogen (secondary N) is 1. The zero-order chi connectivity index (χ0) is 15.2. The highest BCUT2D eigenvalue weighted by atomic mass is 79.9. The van der Waals surface area contributed by atoms with Crippen LogP contribution in [0.25, 0.3) is 0 Å². The molecule has 1 N–H and O–H groups in total. The first-order valence-electron chi connectivity index (χ1n) is 7.23. The van der Waals surface area contributed by atoms with Crippen molar-refractivity contribution in [3.05, 3.63) is 64.1 Å². The Kier molecular flexibility index (Phi) is 5.83. The number of halogens is 1. The van der Waals surface area contributed by atoms with E-state index < -0.39 is 0 Å². The van der Waals surface area contributed by atoms with E-state index >= 15 is 0 Å². The van der Waals surface area contributed by atoms with Gasteiger partial charge in [0.1, 0.15) is 5.75 Å². The first kappa shape index (κ1) is 16.1. The Labute approximate surface area is 135 Å². The molecule has 2 atom stereocenters. The zero-order valence-electron chi connectivity index (χ0n) is 12.8. The zero-order valence-corrected chi connectivity index (χ0v) is 14.4. The third-order valence-corrected chi connectivity index (χ3v) is 4.13. The van der Waals surface area contributed by atoms with Crippen molar-refractivity contribution in [1.82, 2.24) is 5.32 Å². The van der Waals surface area contributed by atoms with E-state index in [0.717, 1.165) is 16.6 Å². The molecule has 2 unspecified atom stereocenters. The molecule has 2 aromatic rings. The van der Waals surface area contributed by atoms with Crippen molar-refractivity contribution in [3.63, 3.8) is 0 Å². The minimum absolute atomic E-state index is 0.321. The van der Waals surface area contributed by atoms with E-state index in [9.17, 15) is 0 Å². The van der Waals surface area contributed by atoms with Crippen LogP contribution < -0.4 is 10.1 Å². The van der Waals surface area contributed by atoms with E-state index in [0.29, 0.717) is 12.1 Å². The maximum atomic E-state index is 5.19. The van der Waals surface area contributed by atoms with Gasteiger partial charge in [-0.1, -0.05) is 40.2 Å². The molecule has 0 saturated heterocycles. The summed E-state index contributed by atoms with van der Waals surface area (Å²) >= 11 is 3.47. The van der Waals surface area contributed by atoms with E-state index in [1.807, 2.05) is 12.1 Å². The molecule has 0 heterocycles. The molecule has 112 valence electrons. The molecule has 3 heteroatoms. The van der Waals surface area contributed by atoms with Gasteiger partial charge in [-0.3, -0.25) is 0 Å². The minimum atomic E-state index is 0.321. The molecule has 2 nitrogen and oxygen atoms in total. The normalized spacial score (nSPS) is 13.7. The summed E-state index contributed by atoms with van der Waals surface area (Å²) < 4.78 is 6.32. The Morgan fingerprint density at radius 3 is 2.19 bits per heavy atom. The average molecular weight is 348 g/mol. The Bertz CT molecular complexity index is 550. The highest BCUT2D eigenvalue weighted by Crippen LogP contribution is 2.18. The second kappa shape index (κ2) is 7.62. The first-order chi connectivity index (χ1) is 10.1. The summed E-state index contributed by atoms with van der Waals surface area (Å²) in [6, 6.07) is 17.5. The van der Waals surface area contributed by atoms with Gasteiger partial charge in [0.15, 0.2) is 0 Å². The van der Waals surface area contributed by atoms with E-state index in [2.05, 4.69) is 71.5 Å². The molecular formula is C18H22BrNO. The molecule has 0 amide bonds. The summed E-state index contributed by atoms with van der Waals surface area (Å²) in [5, 5.41) is 3.64. The lowest BCUT2D eigenvalue weighted by atomic mass is 10.0. The van der Waals surface area contributed by atoms with Crippen molar-refractivity contribution in [2.75, 3.05) is 7.11 Å². The second-order valence-electron chi connectivity index (χ2n) is 5.39. The van der Waals surface area contributed by atoms with Crippen molar-refractivity contribution in [2.24, 2.45) is 0 Å². The minimum Gasteiger partial charge on any atom is -0.497 e. The van der Waals surface area contributed by atoms with Crippen LogP contribution in [0.3, 0.4) is 0 Å². The fourth-order valence-corrected chi connectivity index (χ4v) is 2.71. The summed E-state index contributed by atoms with van der Waals surface area (Å²) in [4.78, 5) is 0. The Balaban J connectivity index is 1.91. The third-order valence-electron chi connectivity index (χ3n) is 3.61. The predicted octanol–water partition coefficient (Wildman–Crippen LogP) is 4.74. The molecular weight excluding hydrogens is 326 g/mol. The van der Waals surface area contributed by atoms with Crippen LogP contribution in [-0.4, -0.2) is 13.2 Å². The predicted molar refractivity (Wildman–Crippen MR) is 91.9 cm³/mol. The van der Waals surface area contributed by atoms with Crippen LogP contribution in [0.15, 0.2) is 53.0 Å². The van der Waals surface area contributed by atoms with Crippen LogP contribution in [0.4, 0.5) is 0 Å². The van der Waals surface area contributed by atoms with Gasteiger partial charge in [0.2, 0.25) is 0 Å². The Hall–Kier alpha value is -1.32. The highest BCUT2D eigenvalue weighted by Gasteiger charge is 2.10. The summed E-state index contributed by atoms with van der Waals surface area (Å²) in [6.45, 7) is 4.42. The van der Waals surface area contributed by atoms with Crippen molar-refractivity contribution >= 4 is 15.9 Å². The summed E-state index contributed by atoms with van der Waals surface area (Å²) in [5.41, 5.74) is 2.62. The number of hydrogen-bond donors (Lipinski definition) is 1.